The molecule has 1 aliphatic heterocycles. The van der Waals surface area contributed by atoms with Crippen LogP contribution < -0.4 is 9.47 Å². The van der Waals surface area contributed by atoms with E-state index in [-0.39, 0.29) is 16.9 Å². The summed E-state index contributed by atoms with van der Waals surface area (Å²) in [6.07, 6.45) is 6.96. The lowest BCUT2D eigenvalue weighted by Crippen LogP contribution is -2.32. The number of carbonyl (C=O) groups excluding carboxylic acids is 2. The van der Waals surface area contributed by atoms with Crippen LogP contribution in [0.5, 0.6) is 0 Å². The zero-order valence-electron chi connectivity index (χ0n) is 17.7. The number of Topliss-reactive ketones (excluding diaryl/α,β-unsaturated/α-hetero) is 2. The Morgan fingerprint density at radius 2 is 1.62 bits per heavy atom. The number of pyridine rings is 1. The number of benzene rings is 2. The Hall–Kier alpha value is -4.25. The number of aliphatic hydroxyl groups excluding tert-OH is 1. The van der Waals surface area contributed by atoms with Gasteiger partial charge in [0.15, 0.2) is 0 Å². The van der Waals surface area contributed by atoms with Crippen molar-refractivity contribution in [3.63, 3.8) is 0 Å². The molecule has 2 aliphatic rings. The molecule has 0 atom stereocenters. The second-order valence-corrected chi connectivity index (χ2v) is 7.87. The van der Waals surface area contributed by atoms with E-state index in [2.05, 4.69) is 0 Å². The van der Waals surface area contributed by atoms with Crippen LogP contribution in [0.4, 0.5) is 5.69 Å². The molecule has 0 fully saturated rings. The standard InChI is InChI=1S/C27H20N2O3/c1-28-19(13-11-17-7-3-5-9-23(17)28)15-21-25(30)22(27(32)26(21)31)16-20-14-12-18-8-4-6-10-24(18)29(20)2/h3-16H,1-2H3/p+1. The topological polar surface area (TPSA) is 61.5 Å². The Labute approximate surface area is 185 Å². The maximum atomic E-state index is 12.7. The van der Waals surface area contributed by atoms with Gasteiger partial charge in [0.05, 0.1) is 11.1 Å². The molecule has 0 saturated heterocycles. The highest BCUT2D eigenvalue weighted by atomic mass is 16.3. The van der Waals surface area contributed by atoms with Crippen molar-refractivity contribution >= 4 is 40.3 Å². The van der Waals surface area contributed by atoms with Gasteiger partial charge in [0.25, 0.3) is 0 Å². The Kier molecular flexibility index (Phi) is 4.59. The number of anilines is 1. The predicted octanol–water partition coefficient (Wildman–Crippen LogP) is 4.06. The van der Waals surface area contributed by atoms with Gasteiger partial charge in [0, 0.05) is 42.0 Å². The van der Waals surface area contributed by atoms with E-state index in [0.29, 0.717) is 11.4 Å². The fourth-order valence-corrected chi connectivity index (χ4v) is 4.18. The molecule has 0 amide bonds. The third kappa shape index (κ3) is 3.06. The van der Waals surface area contributed by atoms with Gasteiger partial charge in [-0.15, -0.1) is 0 Å². The van der Waals surface area contributed by atoms with Crippen LogP contribution >= 0.6 is 0 Å². The summed E-state index contributed by atoms with van der Waals surface area (Å²) < 4.78 is 1.93. The third-order valence-corrected chi connectivity index (χ3v) is 6.03. The fourth-order valence-electron chi connectivity index (χ4n) is 4.18. The van der Waals surface area contributed by atoms with Crippen molar-refractivity contribution in [1.82, 2.24) is 0 Å². The van der Waals surface area contributed by atoms with E-state index in [9.17, 15) is 14.7 Å². The Balaban J connectivity index is 1.58. The first-order valence-corrected chi connectivity index (χ1v) is 10.3. The second-order valence-electron chi connectivity index (χ2n) is 7.87. The maximum absolute atomic E-state index is 12.7. The van der Waals surface area contributed by atoms with Crippen molar-refractivity contribution in [3.8, 4) is 0 Å². The SMILES string of the molecule is CN1/C(=C/C2=C(O)C(=C\c3ccc4ccccc4[n+]3C)/C(=O)C2=O)C=Cc2ccccc21. The minimum atomic E-state index is -0.703. The maximum Gasteiger partial charge on any atom is 0.237 e. The molecule has 1 aromatic heterocycles. The van der Waals surface area contributed by atoms with Crippen LogP contribution in [-0.4, -0.2) is 23.7 Å². The number of aryl methyl sites for hydroxylation is 1. The quantitative estimate of drug-likeness (QED) is 0.385. The summed E-state index contributed by atoms with van der Waals surface area (Å²) in [5, 5.41) is 11.9. The molecule has 0 spiro atoms. The summed E-state index contributed by atoms with van der Waals surface area (Å²) in [7, 11) is 3.78. The Morgan fingerprint density at radius 3 is 2.47 bits per heavy atom. The number of para-hydroxylation sites is 2. The lowest BCUT2D eigenvalue weighted by atomic mass is 10.0. The van der Waals surface area contributed by atoms with Crippen molar-refractivity contribution in [2.45, 2.75) is 0 Å². The number of allylic oxidation sites excluding steroid dienone is 4. The Morgan fingerprint density at radius 1 is 0.875 bits per heavy atom. The number of aliphatic hydroxyl groups is 1. The first-order valence-electron chi connectivity index (χ1n) is 10.3. The van der Waals surface area contributed by atoms with Gasteiger partial charge in [-0.1, -0.05) is 36.4 Å². The average Bonchev–Trinajstić information content (AvgIpc) is 3.01. The number of aromatic nitrogens is 1. The number of likely N-dealkylation sites (N-methyl/N-ethyl adjacent to an activating group) is 1. The van der Waals surface area contributed by atoms with E-state index in [0.717, 1.165) is 22.2 Å². The van der Waals surface area contributed by atoms with Gasteiger partial charge in [0.2, 0.25) is 22.8 Å². The lowest BCUT2D eigenvalue weighted by molar-refractivity contribution is -0.646. The molecule has 32 heavy (non-hydrogen) atoms. The fraction of sp³-hybridized carbons (Fsp3) is 0.0741. The van der Waals surface area contributed by atoms with Crippen molar-refractivity contribution in [2.24, 2.45) is 7.05 Å². The summed E-state index contributed by atoms with van der Waals surface area (Å²) in [5.74, 6) is -1.70. The number of fused-ring (bicyclic) bond motifs is 2. The molecule has 5 heteroatoms. The van der Waals surface area contributed by atoms with Crippen LogP contribution in [0.2, 0.25) is 0 Å². The summed E-state index contributed by atoms with van der Waals surface area (Å²) in [4.78, 5) is 27.4. The highest BCUT2D eigenvalue weighted by Crippen LogP contribution is 2.32. The minimum absolute atomic E-state index is 0.00979. The van der Waals surface area contributed by atoms with Crippen LogP contribution in [0.3, 0.4) is 0 Å². The molecule has 2 aromatic carbocycles. The molecule has 1 aliphatic carbocycles. The van der Waals surface area contributed by atoms with Gasteiger partial charge in [0.1, 0.15) is 12.8 Å². The second kappa shape index (κ2) is 7.46. The van der Waals surface area contributed by atoms with E-state index in [4.69, 9.17) is 0 Å². The lowest BCUT2D eigenvalue weighted by Gasteiger charge is -2.26. The molecule has 156 valence electrons. The van der Waals surface area contributed by atoms with Gasteiger partial charge in [-0.05, 0) is 35.9 Å². The highest BCUT2D eigenvalue weighted by Gasteiger charge is 2.36. The largest absolute Gasteiger partial charge is 0.506 e. The summed E-state index contributed by atoms with van der Waals surface area (Å²) >= 11 is 0. The molecule has 5 rings (SSSR count). The van der Waals surface area contributed by atoms with Gasteiger partial charge < -0.3 is 10.0 Å². The van der Waals surface area contributed by atoms with E-state index >= 15 is 0 Å². The van der Waals surface area contributed by atoms with E-state index in [1.807, 2.05) is 96.4 Å². The molecule has 0 unspecified atom stereocenters. The molecule has 5 nitrogen and oxygen atoms in total. The van der Waals surface area contributed by atoms with Gasteiger partial charge in [-0.25, -0.2) is 0 Å². The molecule has 3 aromatic rings. The first kappa shape index (κ1) is 19.7. The van der Waals surface area contributed by atoms with Crippen LogP contribution in [-0.2, 0) is 16.6 Å². The van der Waals surface area contributed by atoms with E-state index in [1.54, 1.807) is 12.2 Å². The number of ketones is 2. The van der Waals surface area contributed by atoms with E-state index in [1.165, 1.54) is 0 Å². The number of rotatable bonds is 2. The van der Waals surface area contributed by atoms with Gasteiger partial charge >= 0.3 is 0 Å². The van der Waals surface area contributed by atoms with Crippen LogP contribution in [0, 0.1) is 0 Å². The summed E-state index contributed by atoms with van der Waals surface area (Å²) in [6.45, 7) is 0. The minimum Gasteiger partial charge on any atom is -0.506 e. The molecular formula is C27H21N2O3+. The normalized spacial score (nSPS) is 18.4. The van der Waals surface area contributed by atoms with Crippen molar-refractivity contribution < 1.29 is 19.3 Å². The predicted molar refractivity (Wildman–Crippen MR) is 125 cm³/mol. The number of hydrogen-bond donors (Lipinski definition) is 1. The average molecular weight is 421 g/mol. The van der Waals surface area contributed by atoms with Crippen molar-refractivity contribution in [2.75, 3.05) is 11.9 Å². The first-order chi connectivity index (χ1) is 15.5. The zero-order chi connectivity index (χ0) is 22.4. The van der Waals surface area contributed by atoms with Crippen molar-refractivity contribution in [3.05, 3.63) is 107 Å². The summed E-state index contributed by atoms with van der Waals surface area (Å²) in [6, 6.07) is 19.6. The van der Waals surface area contributed by atoms with Crippen LogP contribution in [0.1, 0.15) is 11.3 Å². The number of nitrogens with zero attached hydrogens (tertiary/aromatic N) is 2. The molecule has 2 heterocycles. The Bertz CT molecular complexity index is 1440. The van der Waals surface area contributed by atoms with E-state index < -0.39 is 11.6 Å². The third-order valence-electron chi connectivity index (χ3n) is 6.03. The smallest absolute Gasteiger partial charge is 0.237 e. The molecule has 1 N–H and O–H groups in total. The zero-order valence-corrected chi connectivity index (χ0v) is 17.7. The molecule has 0 bridgehead atoms. The number of carbonyl (C=O) groups is 2. The van der Waals surface area contributed by atoms with Crippen LogP contribution in [0.25, 0.3) is 23.1 Å². The van der Waals surface area contributed by atoms with Crippen LogP contribution in [0.15, 0.2) is 95.4 Å². The molecule has 0 radical (unpaired) electrons. The molecule has 0 saturated carbocycles. The highest BCUT2D eigenvalue weighted by molar-refractivity contribution is 6.54. The number of hydrogen-bond acceptors (Lipinski definition) is 4. The van der Waals surface area contributed by atoms with Gasteiger partial charge in [-0.3, -0.25) is 9.59 Å². The van der Waals surface area contributed by atoms with Gasteiger partial charge in [-0.2, -0.15) is 4.57 Å². The monoisotopic (exact) mass is 421 g/mol. The molecular weight excluding hydrogens is 400 g/mol. The van der Waals surface area contributed by atoms with Crippen molar-refractivity contribution in [1.29, 1.82) is 0 Å². The summed E-state index contributed by atoms with van der Waals surface area (Å²) in [5.41, 5.74) is 4.47.